The third-order valence-corrected chi connectivity index (χ3v) is 10.4. The average molecular weight is 777 g/mol. The Kier molecular flexibility index (Phi) is 11.2. The minimum Gasteiger partial charge on any atom is -0.506 e. The Morgan fingerprint density at radius 3 is 2.34 bits per heavy atom. The van der Waals surface area contributed by atoms with Crippen LogP contribution in [-0.2, 0) is 34.4 Å². The number of imide groups is 2. The molecular formula is C43H41ClN4O8. The van der Waals surface area contributed by atoms with E-state index in [-0.39, 0.29) is 48.7 Å². The van der Waals surface area contributed by atoms with Gasteiger partial charge in [0.25, 0.3) is 11.8 Å². The maximum Gasteiger partial charge on any atom is 0.266 e. The van der Waals surface area contributed by atoms with E-state index in [1.165, 1.54) is 6.07 Å². The number of nitrogens with zero attached hydrogens (tertiary/aromatic N) is 3. The largest absolute Gasteiger partial charge is 0.506 e. The fourth-order valence-electron chi connectivity index (χ4n) is 7.10. The van der Waals surface area contributed by atoms with E-state index in [1.807, 2.05) is 69.4 Å². The Morgan fingerprint density at radius 1 is 0.839 bits per heavy atom. The van der Waals surface area contributed by atoms with E-state index in [1.54, 1.807) is 16.8 Å². The van der Waals surface area contributed by atoms with Crippen LogP contribution in [0, 0.1) is 13.8 Å². The molecule has 2 aliphatic heterocycles. The number of halogens is 1. The number of aromatic hydroxyl groups is 1. The zero-order valence-electron chi connectivity index (χ0n) is 31.3. The SMILES string of the molecule is Cc1cc(-c2ccc(OCc3ccc(CCCOCCOc4cccc5c4C(=O)N(C4CCC(=O)NC4=O)C5=O)cc3)c(-c3ccc(Cl)c(C)c3)c2O)n(C)n1. The van der Waals surface area contributed by atoms with Crippen LogP contribution in [0.25, 0.3) is 22.4 Å². The minimum absolute atomic E-state index is 0.0500. The first kappa shape index (κ1) is 38.3. The first-order valence-electron chi connectivity index (χ1n) is 18.4. The number of rotatable bonds is 14. The highest BCUT2D eigenvalue weighted by Gasteiger charge is 2.46. The van der Waals surface area contributed by atoms with Crippen molar-refractivity contribution in [3.8, 4) is 39.6 Å². The lowest BCUT2D eigenvalue weighted by Crippen LogP contribution is -2.54. The molecule has 5 aromatic rings. The van der Waals surface area contributed by atoms with Crippen molar-refractivity contribution in [1.82, 2.24) is 20.0 Å². The van der Waals surface area contributed by atoms with Crippen LogP contribution in [0.2, 0.25) is 5.02 Å². The van der Waals surface area contributed by atoms with Crippen molar-refractivity contribution in [3.63, 3.8) is 0 Å². The summed E-state index contributed by atoms with van der Waals surface area (Å²) < 4.78 is 19.7. The van der Waals surface area contributed by atoms with E-state index < -0.39 is 29.7 Å². The second-order valence-corrected chi connectivity index (χ2v) is 14.3. The number of ether oxygens (including phenoxy) is 3. The van der Waals surface area contributed by atoms with Crippen LogP contribution >= 0.6 is 11.6 Å². The normalized spacial score (nSPS) is 15.3. The Balaban J connectivity index is 0.899. The molecule has 1 fully saturated rings. The van der Waals surface area contributed by atoms with Crippen molar-refractivity contribution in [2.45, 2.75) is 52.2 Å². The standard InChI is InChI=1S/C43H41ClN4O8/c1-25-22-29(13-15-32(25)44)38-36(17-14-30(40(38)50)34-23-26(2)46-47(34)3)56-24-28-11-9-27(10-12-28)6-5-19-54-20-21-55-35-8-4-7-31-39(35)43(53)48(42(31)52)33-16-18-37(49)45-41(33)51/h4,7-15,17,22-23,33,50H,5-6,16,18-21,24H2,1-3H3,(H,45,49,51). The molecule has 4 amide bonds. The predicted molar refractivity (Wildman–Crippen MR) is 209 cm³/mol. The molecule has 288 valence electrons. The Morgan fingerprint density at radius 2 is 1.61 bits per heavy atom. The highest BCUT2D eigenvalue weighted by Crippen LogP contribution is 2.45. The summed E-state index contributed by atoms with van der Waals surface area (Å²) in [6, 6.07) is 23.2. The van der Waals surface area contributed by atoms with Crippen LogP contribution in [0.1, 0.15) is 62.4 Å². The number of aromatic nitrogens is 2. The van der Waals surface area contributed by atoms with Gasteiger partial charge in [-0.05, 0) is 97.8 Å². The molecule has 7 rings (SSSR count). The van der Waals surface area contributed by atoms with Crippen LogP contribution in [-0.4, -0.2) is 69.3 Å². The molecule has 13 heteroatoms. The van der Waals surface area contributed by atoms with E-state index in [0.717, 1.165) is 51.4 Å². The molecule has 4 aromatic carbocycles. The lowest BCUT2D eigenvalue weighted by Gasteiger charge is -2.27. The van der Waals surface area contributed by atoms with E-state index >= 15 is 0 Å². The number of hydrogen-bond acceptors (Lipinski definition) is 9. The molecule has 1 atom stereocenters. The summed E-state index contributed by atoms with van der Waals surface area (Å²) >= 11 is 6.33. The molecule has 0 spiro atoms. The predicted octanol–water partition coefficient (Wildman–Crippen LogP) is 6.74. The van der Waals surface area contributed by atoms with Crippen molar-refractivity contribution in [3.05, 3.63) is 117 Å². The number of piperidine rings is 1. The molecule has 56 heavy (non-hydrogen) atoms. The zero-order valence-corrected chi connectivity index (χ0v) is 32.0. The Bertz CT molecular complexity index is 2340. The molecule has 1 unspecified atom stereocenters. The smallest absolute Gasteiger partial charge is 0.266 e. The van der Waals surface area contributed by atoms with E-state index in [2.05, 4.69) is 22.5 Å². The quantitative estimate of drug-likeness (QED) is 0.0924. The molecule has 3 heterocycles. The van der Waals surface area contributed by atoms with Crippen LogP contribution in [0.5, 0.6) is 17.2 Å². The second kappa shape index (κ2) is 16.4. The van der Waals surface area contributed by atoms with Gasteiger partial charge in [0.1, 0.15) is 36.5 Å². The highest BCUT2D eigenvalue weighted by molar-refractivity contribution is 6.31. The van der Waals surface area contributed by atoms with Gasteiger partial charge in [-0.3, -0.25) is 34.1 Å². The Labute approximate surface area is 328 Å². The fourth-order valence-corrected chi connectivity index (χ4v) is 7.22. The molecular weight excluding hydrogens is 736 g/mol. The molecule has 2 aliphatic rings. The van der Waals surface area contributed by atoms with Crippen LogP contribution < -0.4 is 14.8 Å². The van der Waals surface area contributed by atoms with Gasteiger partial charge in [0, 0.05) is 30.7 Å². The maximum absolute atomic E-state index is 13.3. The number of hydrogen-bond donors (Lipinski definition) is 2. The summed E-state index contributed by atoms with van der Waals surface area (Å²) in [5, 5.41) is 18.9. The molecule has 2 N–H and O–H groups in total. The number of carbonyl (C=O) groups excluding carboxylic acids is 4. The van der Waals surface area contributed by atoms with Crippen LogP contribution in [0.4, 0.5) is 0 Å². The molecule has 0 saturated carbocycles. The maximum atomic E-state index is 13.3. The second-order valence-electron chi connectivity index (χ2n) is 13.9. The van der Waals surface area contributed by atoms with Crippen molar-refractivity contribution in [2.75, 3.05) is 19.8 Å². The van der Waals surface area contributed by atoms with E-state index in [4.69, 9.17) is 25.8 Å². The lowest BCUT2D eigenvalue weighted by atomic mass is 9.97. The fraction of sp³-hybridized carbons (Fsp3) is 0.279. The van der Waals surface area contributed by atoms with Gasteiger partial charge in [-0.15, -0.1) is 0 Å². The number of carbonyl (C=O) groups is 4. The van der Waals surface area contributed by atoms with Crippen LogP contribution in [0.3, 0.4) is 0 Å². The number of phenols is 1. The third kappa shape index (κ3) is 7.89. The van der Waals surface area contributed by atoms with Crippen molar-refractivity contribution < 1.29 is 38.5 Å². The minimum atomic E-state index is -1.04. The number of fused-ring (bicyclic) bond motifs is 1. The molecule has 1 saturated heterocycles. The summed E-state index contributed by atoms with van der Waals surface area (Å²) in [6.07, 6.45) is 1.70. The summed E-state index contributed by atoms with van der Waals surface area (Å²) in [5.74, 6) is -1.39. The van der Waals surface area contributed by atoms with Crippen molar-refractivity contribution >= 4 is 35.2 Å². The number of aryl methyl sites for hydroxylation is 4. The van der Waals surface area contributed by atoms with Gasteiger partial charge in [-0.2, -0.15) is 5.10 Å². The summed E-state index contributed by atoms with van der Waals surface area (Å²) in [6.45, 7) is 5.06. The van der Waals surface area contributed by atoms with Gasteiger partial charge in [-0.25, -0.2) is 0 Å². The Hall–Kier alpha value is -5.98. The van der Waals surface area contributed by atoms with Gasteiger partial charge in [0.2, 0.25) is 11.8 Å². The van der Waals surface area contributed by atoms with Gasteiger partial charge >= 0.3 is 0 Å². The molecule has 1 aromatic heterocycles. The first-order chi connectivity index (χ1) is 27.0. The zero-order chi connectivity index (χ0) is 39.5. The summed E-state index contributed by atoms with van der Waals surface area (Å²) in [5.41, 5.74) is 6.94. The number of nitrogens with one attached hydrogen (secondary N) is 1. The molecule has 0 bridgehead atoms. The van der Waals surface area contributed by atoms with Gasteiger partial charge in [-0.1, -0.05) is 48.0 Å². The van der Waals surface area contributed by atoms with Gasteiger partial charge in [0.15, 0.2) is 0 Å². The first-order valence-corrected chi connectivity index (χ1v) is 18.8. The summed E-state index contributed by atoms with van der Waals surface area (Å²) in [7, 11) is 1.85. The monoisotopic (exact) mass is 776 g/mol. The van der Waals surface area contributed by atoms with Gasteiger partial charge in [0.05, 0.1) is 34.7 Å². The number of benzene rings is 4. The molecule has 0 radical (unpaired) electrons. The van der Waals surface area contributed by atoms with Crippen LogP contribution in [0.15, 0.2) is 78.9 Å². The highest BCUT2D eigenvalue weighted by atomic mass is 35.5. The van der Waals surface area contributed by atoms with E-state index in [0.29, 0.717) is 35.1 Å². The number of phenolic OH excluding ortho intramolecular Hbond substituents is 1. The molecule has 12 nitrogen and oxygen atoms in total. The summed E-state index contributed by atoms with van der Waals surface area (Å²) in [4.78, 5) is 51.2. The number of amides is 4. The van der Waals surface area contributed by atoms with Crippen molar-refractivity contribution in [1.29, 1.82) is 0 Å². The topological polar surface area (TPSA) is 149 Å². The third-order valence-electron chi connectivity index (χ3n) is 9.95. The van der Waals surface area contributed by atoms with Crippen molar-refractivity contribution in [2.24, 2.45) is 7.05 Å². The average Bonchev–Trinajstić information content (AvgIpc) is 3.65. The molecule has 0 aliphatic carbocycles. The lowest BCUT2D eigenvalue weighted by molar-refractivity contribution is -0.136. The van der Waals surface area contributed by atoms with Gasteiger partial charge < -0.3 is 19.3 Å². The van der Waals surface area contributed by atoms with E-state index in [9.17, 15) is 24.3 Å².